The molecule has 2 amide bonds. The first-order valence-electron chi connectivity index (χ1n) is 10.3. The van der Waals surface area contributed by atoms with Crippen molar-refractivity contribution in [1.82, 2.24) is 20.8 Å². The number of unbranched alkanes of at least 4 members (excludes halogenated alkanes) is 2. The van der Waals surface area contributed by atoms with Crippen LogP contribution < -0.4 is 21.4 Å². The molecular formula is C22H25FN6O4. The quantitative estimate of drug-likeness (QED) is 0.127. The van der Waals surface area contributed by atoms with E-state index in [0.717, 1.165) is 6.42 Å². The van der Waals surface area contributed by atoms with Crippen LogP contribution in [0.2, 0.25) is 0 Å². The topological polar surface area (TPSA) is 155 Å². The number of aromatic nitrogens is 2. The molecule has 2 aromatic heterocycles. The molecule has 0 atom stereocenters. The number of nitrogens with zero attached hydrogens (tertiary/aromatic N) is 2. The molecule has 0 unspecified atom stereocenters. The molecule has 174 valence electrons. The molecule has 6 N–H and O–H groups in total. The first-order valence-corrected chi connectivity index (χ1v) is 10.3. The molecule has 0 saturated heterocycles. The molecule has 0 spiro atoms. The maximum Gasteiger partial charge on any atom is 0.253 e. The molecule has 3 aromatic rings. The Bertz CT molecular complexity index is 1310. The summed E-state index contributed by atoms with van der Waals surface area (Å²) in [6.07, 6.45) is 3.61. The fourth-order valence-corrected chi connectivity index (χ4v) is 3.43. The van der Waals surface area contributed by atoms with Gasteiger partial charge in [-0.15, -0.1) is 5.11 Å². The third kappa shape index (κ3) is 5.63. The maximum absolute atomic E-state index is 13.5. The molecule has 1 aromatic carbocycles. The summed E-state index contributed by atoms with van der Waals surface area (Å²) in [6, 6.07) is 4.01. The van der Waals surface area contributed by atoms with E-state index in [0.29, 0.717) is 52.1 Å². The zero-order chi connectivity index (χ0) is 24.0. The third-order valence-corrected chi connectivity index (χ3v) is 5.10. The van der Waals surface area contributed by atoms with E-state index in [-0.39, 0.29) is 23.9 Å². The van der Waals surface area contributed by atoms with Gasteiger partial charge in [-0.05, 0) is 38.0 Å². The van der Waals surface area contributed by atoms with E-state index in [2.05, 4.69) is 32.1 Å². The summed E-state index contributed by atoms with van der Waals surface area (Å²) < 4.78 is 13.5. The molecule has 0 bridgehead atoms. The molecule has 10 nitrogen and oxygen atoms in total. The highest BCUT2D eigenvalue weighted by molar-refractivity contribution is 5.95. The Kier molecular flexibility index (Phi) is 7.57. The smallest absolute Gasteiger partial charge is 0.253 e. The van der Waals surface area contributed by atoms with Crippen LogP contribution in [-0.4, -0.2) is 38.6 Å². The second kappa shape index (κ2) is 10.6. The monoisotopic (exact) mass is 456 g/mol. The average Bonchev–Trinajstić information content (AvgIpc) is 3.24. The highest BCUT2D eigenvalue weighted by atomic mass is 19.1. The minimum Gasteiger partial charge on any atom is -0.493 e. The Morgan fingerprint density at radius 3 is 2.79 bits per heavy atom. The molecule has 11 heteroatoms. The number of benzene rings is 1. The highest BCUT2D eigenvalue weighted by Crippen LogP contribution is 2.35. The predicted molar refractivity (Wildman–Crippen MR) is 120 cm³/mol. The van der Waals surface area contributed by atoms with Crippen LogP contribution in [0.3, 0.4) is 0 Å². The van der Waals surface area contributed by atoms with Gasteiger partial charge in [0.05, 0.1) is 22.6 Å². The van der Waals surface area contributed by atoms with Crippen molar-refractivity contribution >= 4 is 41.2 Å². The maximum atomic E-state index is 13.5. The van der Waals surface area contributed by atoms with Gasteiger partial charge < -0.3 is 20.4 Å². The number of aromatic amines is 2. The number of aromatic hydroxyl groups is 1. The number of rotatable bonds is 9. The number of hydrogen-bond donors (Lipinski definition) is 6. The fraction of sp³-hybridized carbons (Fsp3) is 0.273. The van der Waals surface area contributed by atoms with Gasteiger partial charge in [0.15, 0.2) is 5.69 Å². The molecule has 0 fully saturated rings. The van der Waals surface area contributed by atoms with E-state index >= 15 is 0 Å². The number of nitrogens with one attached hydrogen (secondary N) is 4. The van der Waals surface area contributed by atoms with Crippen molar-refractivity contribution in [3.63, 3.8) is 0 Å². The average molecular weight is 456 g/mol. The summed E-state index contributed by atoms with van der Waals surface area (Å²) in [5, 5.41) is 30.5. The van der Waals surface area contributed by atoms with Gasteiger partial charge in [-0.1, -0.05) is 13.0 Å². The van der Waals surface area contributed by atoms with Crippen LogP contribution in [0.25, 0.3) is 23.7 Å². The largest absolute Gasteiger partial charge is 0.493 e. The molecule has 2 heterocycles. The number of amides is 2. The number of fused-ring (bicyclic) bond motifs is 1. The van der Waals surface area contributed by atoms with Crippen molar-refractivity contribution in [2.24, 2.45) is 10.2 Å². The summed E-state index contributed by atoms with van der Waals surface area (Å²) in [4.78, 5) is 29.3. The molecule has 0 radical (unpaired) electrons. The molecule has 0 saturated carbocycles. The SMILES string of the molecule is C=c1c(C(=O)NCCCCCC(=O)NO)c(C)[nH]c1=CN=Nc1c(O)[nH]c2ccc(F)cc12. The van der Waals surface area contributed by atoms with Gasteiger partial charge in [0.1, 0.15) is 5.82 Å². The van der Waals surface area contributed by atoms with Crippen molar-refractivity contribution in [3.05, 3.63) is 45.8 Å². The summed E-state index contributed by atoms with van der Waals surface area (Å²) in [5.74, 6) is -1.42. The van der Waals surface area contributed by atoms with E-state index < -0.39 is 11.7 Å². The molecule has 0 aliphatic rings. The van der Waals surface area contributed by atoms with Gasteiger partial charge in [-0.2, -0.15) is 5.11 Å². The van der Waals surface area contributed by atoms with E-state index in [4.69, 9.17) is 5.21 Å². The van der Waals surface area contributed by atoms with Crippen LogP contribution in [0.1, 0.15) is 41.7 Å². The van der Waals surface area contributed by atoms with Gasteiger partial charge in [-0.3, -0.25) is 14.8 Å². The van der Waals surface area contributed by atoms with Crippen molar-refractivity contribution in [3.8, 4) is 5.88 Å². The van der Waals surface area contributed by atoms with Gasteiger partial charge in [0, 0.05) is 29.3 Å². The lowest BCUT2D eigenvalue weighted by atomic mass is 10.1. The van der Waals surface area contributed by atoms with Crippen molar-refractivity contribution in [1.29, 1.82) is 0 Å². The van der Waals surface area contributed by atoms with Crippen LogP contribution in [-0.2, 0) is 4.79 Å². The van der Waals surface area contributed by atoms with E-state index in [1.165, 1.54) is 24.4 Å². The van der Waals surface area contributed by atoms with Crippen molar-refractivity contribution in [2.45, 2.75) is 32.6 Å². The number of aryl methyl sites for hydroxylation is 1. The van der Waals surface area contributed by atoms with Crippen molar-refractivity contribution < 1.29 is 24.3 Å². The van der Waals surface area contributed by atoms with Gasteiger partial charge in [-0.25, -0.2) is 9.87 Å². The van der Waals surface area contributed by atoms with Gasteiger partial charge in [0.2, 0.25) is 11.8 Å². The van der Waals surface area contributed by atoms with Gasteiger partial charge >= 0.3 is 0 Å². The first kappa shape index (κ1) is 23.7. The van der Waals surface area contributed by atoms with E-state index in [1.807, 2.05) is 0 Å². The number of hydroxylamine groups is 1. The van der Waals surface area contributed by atoms with Crippen molar-refractivity contribution in [2.75, 3.05) is 6.54 Å². The minimum absolute atomic E-state index is 0.101. The summed E-state index contributed by atoms with van der Waals surface area (Å²) in [5.41, 5.74) is 3.20. The highest BCUT2D eigenvalue weighted by Gasteiger charge is 2.13. The Morgan fingerprint density at radius 2 is 2.03 bits per heavy atom. The van der Waals surface area contributed by atoms with Gasteiger partial charge in [0.25, 0.3) is 5.91 Å². The Hall–Kier alpha value is -3.99. The first-order chi connectivity index (χ1) is 15.8. The lowest BCUT2D eigenvalue weighted by Gasteiger charge is -2.05. The Morgan fingerprint density at radius 1 is 1.24 bits per heavy atom. The lowest BCUT2D eigenvalue weighted by Crippen LogP contribution is -2.32. The number of H-pyrrole nitrogens is 2. The van der Waals surface area contributed by atoms with Crippen LogP contribution in [0.4, 0.5) is 10.1 Å². The number of carbonyl (C=O) groups excluding carboxylic acids is 2. The Balaban J connectivity index is 1.67. The second-order valence-corrected chi connectivity index (χ2v) is 7.48. The molecule has 0 aliphatic heterocycles. The summed E-state index contributed by atoms with van der Waals surface area (Å²) >= 11 is 0. The molecule has 3 rings (SSSR count). The van der Waals surface area contributed by atoms with Crippen LogP contribution in [0.15, 0.2) is 28.4 Å². The number of azo groups is 1. The summed E-state index contributed by atoms with van der Waals surface area (Å²) in [6.45, 7) is 6.11. The molecule has 0 aliphatic carbocycles. The fourth-order valence-electron chi connectivity index (χ4n) is 3.43. The van der Waals surface area contributed by atoms with Crippen LogP contribution in [0, 0.1) is 12.7 Å². The molecule has 33 heavy (non-hydrogen) atoms. The normalized spacial score (nSPS) is 12.0. The standard InChI is InChI=1S/C22H25FN6O4/c1-12-17(11-25-28-20-15-10-14(23)7-8-16(15)27-22(20)32)26-13(2)19(12)21(31)24-9-5-3-4-6-18(30)29-33/h7-8,10-11,26-27,32-33H,1,3-6,9H2,2H3,(H,24,31)(H,29,30). The summed E-state index contributed by atoms with van der Waals surface area (Å²) in [7, 11) is 0. The second-order valence-electron chi connectivity index (χ2n) is 7.48. The lowest BCUT2D eigenvalue weighted by molar-refractivity contribution is -0.129. The third-order valence-electron chi connectivity index (χ3n) is 5.10. The molecular weight excluding hydrogens is 431 g/mol. The van der Waals surface area contributed by atoms with Crippen LogP contribution >= 0.6 is 0 Å². The van der Waals surface area contributed by atoms with E-state index in [1.54, 1.807) is 12.4 Å². The predicted octanol–water partition coefficient (Wildman–Crippen LogP) is 2.38. The number of carbonyl (C=O) groups is 2. The minimum atomic E-state index is -0.465. The Labute approximate surface area is 187 Å². The zero-order valence-corrected chi connectivity index (χ0v) is 18.0. The van der Waals surface area contributed by atoms with E-state index in [9.17, 15) is 19.1 Å². The number of halogens is 1. The number of hydrogen-bond acceptors (Lipinski definition) is 6. The zero-order valence-electron chi connectivity index (χ0n) is 18.0. The van der Waals surface area contributed by atoms with Crippen LogP contribution in [0.5, 0.6) is 5.88 Å².